The lowest BCUT2D eigenvalue weighted by atomic mass is 10.3. The van der Waals surface area contributed by atoms with E-state index in [-0.39, 0.29) is 6.03 Å². The predicted molar refractivity (Wildman–Crippen MR) is 69.8 cm³/mol. The maximum Gasteiger partial charge on any atom is 0.347 e. The number of carbonyl (C=O) groups is 1. The SMILES string of the molecule is CN1CCC/C1=N/C(=O)Nc1ccc(Cl)cc1. The molecule has 0 spiro atoms. The normalized spacial score (nSPS) is 17.5. The van der Waals surface area contributed by atoms with E-state index in [9.17, 15) is 4.79 Å². The van der Waals surface area contributed by atoms with E-state index in [0.29, 0.717) is 10.7 Å². The van der Waals surface area contributed by atoms with Crippen molar-refractivity contribution in [2.75, 3.05) is 18.9 Å². The van der Waals surface area contributed by atoms with Gasteiger partial charge in [0.05, 0.1) is 0 Å². The van der Waals surface area contributed by atoms with Gasteiger partial charge in [0.1, 0.15) is 5.84 Å². The maximum atomic E-state index is 11.6. The van der Waals surface area contributed by atoms with Crippen molar-refractivity contribution in [2.45, 2.75) is 12.8 Å². The molecule has 1 fully saturated rings. The third kappa shape index (κ3) is 3.20. The number of likely N-dealkylation sites (tertiary alicyclic amines) is 1. The van der Waals surface area contributed by atoms with Gasteiger partial charge >= 0.3 is 6.03 Å². The molecule has 1 aliphatic heterocycles. The highest BCUT2D eigenvalue weighted by molar-refractivity contribution is 6.30. The highest BCUT2D eigenvalue weighted by Gasteiger charge is 2.15. The molecule has 2 rings (SSSR count). The summed E-state index contributed by atoms with van der Waals surface area (Å²) in [6, 6.07) is 6.62. The van der Waals surface area contributed by atoms with Gasteiger partial charge in [0.15, 0.2) is 0 Å². The lowest BCUT2D eigenvalue weighted by Gasteiger charge is -2.10. The van der Waals surface area contributed by atoms with E-state index >= 15 is 0 Å². The maximum absolute atomic E-state index is 11.6. The zero-order valence-corrected chi connectivity index (χ0v) is 10.4. The number of halogens is 1. The molecule has 1 aromatic rings. The van der Waals surface area contributed by atoms with E-state index in [1.54, 1.807) is 24.3 Å². The average molecular weight is 252 g/mol. The van der Waals surface area contributed by atoms with Crippen LogP contribution in [0.15, 0.2) is 29.3 Å². The Kier molecular flexibility index (Phi) is 3.64. The molecule has 1 aromatic carbocycles. The monoisotopic (exact) mass is 251 g/mol. The molecule has 0 bridgehead atoms. The van der Waals surface area contributed by atoms with Crippen LogP contribution < -0.4 is 5.32 Å². The van der Waals surface area contributed by atoms with Gasteiger partial charge < -0.3 is 10.2 Å². The topological polar surface area (TPSA) is 44.7 Å². The fourth-order valence-corrected chi connectivity index (χ4v) is 1.86. The Labute approximate surface area is 105 Å². The van der Waals surface area contributed by atoms with Crippen LogP contribution in [-0.2, 0) is 0 Å². The number of carbonyl (C=O) groups excluding carboxylic acids is 1. The smallest absolute Gasteiger partial charge is 0.347 e. The van der Waals surface area contributed by atoms with Gasteiger partial charge in [-0.2, -0.15) is 4.99 Å². The predicted octanol–water partition coefficient (Wildman–Crippen LogP) is 3.00. The molecular formula is C12H14ClN3O. The largest absolute Gasteiger partial charge is 0.363 e. The molecule has 5 heteroatoms. The molecule has 2 amide bonds. The minimum absolute atomic E-state index is 0.337. The van der Waals surface area contributed by atoms with Crippen LogP contribution in [0.4, 0.5) is 10.5 Å². The van der Waals surface area contributed by atoms with Gasteiger partial charge in [0, 0.05) is 30.7 Å². The second kappa shape index (κ2) is 5.19. The van der Waals surface area contributed by atoms with Crippen molar-refractivity contribution in [1.29, 1.82) is 0 Å². The van der Waals surface area contributed by atoms with E-state index in [2.05, 4.69) is 10.3 Å². The zero-order valence-electron chi connectivity index (χ0n) is 9.61. The van der Waals surface area contributed by atoms with Crippen LogP contribution in [0.2, 0.25) is 5.02 Å². The van der Waals surface area contributed by atoms with Crippen LogP contribution in [0.25, 0.3) is 0 Å². The molecule has 0 aliphatic carbocycles. The van der Waals surface area contributed by atoms with Crippen LogP contribution in [0.1, 0.15) is 12.8 Å². The third-order valence-corrected chi connectivity index (χ3v) is 2.91. The van der Waals surface area contributed by atoms with Gasteiger partial charge in [-0.25, -0.2) is 4.79 Å². The Morgan fingerprint density at radius 1 is 1.41 bits per heavy atom. The summed E-state index contributed by atoms with van der Waals surface area (Å²) in [7, 11) is 1.95. The average Bonchev–Trinajstić information content (AvgIpc) is 2.68. The van der Waals surface area contributed by atoms with E-state index in [0.717, 1.165) is 25.2 Å². The number of hydrogen-bond acceptors (Lipinski definition) is 1. The van der Waals surface area contributed by atoms with Crippen molar-refractivity contribution in [3.63, 3.8) is 0 Å². The Balaban J connectivity index is 2.00. The molecule has 4 nitrogen and oxygen atoms in total. The van der Waals surface area contributed by atoms with Crippen molar-refractivity contribution < 1.29 is 4.79 Å². The summed E-state index contributed by atoms with van der Waals surface area (Å²) < 4.78 is 0. The molecule has 0 aromatic heterocycles. The summed E-state index contributed by atoms with van der Waals surface area (Å²) in [5.74, 6) is 0.844. The summed E-state index contributed by atoms with van der Waals surface area (Å²) >= 11 is 5.76. The van der Waals surface area contributed by atoms with Crippen molar-refractivity contribution in [1.82, 2.24) is 4.90 Å². The standard InChI is InChI=1S/C12H14ClN3O/c1-16-8-2-3-11(16)15-12(17)14-10-6-4-9(13)5-7-10/h4-7H,2-3,8H2,1H3,(H,14,17)/b15-11-. The van der Waals surface area contributed by atoms with Crippen LogP contribution in [0, 0.1) is 0 Å². The first-order valence-corrected chi connectivity index (χ1v) is 5.88. The van der Waals surface area contributed by atoms with Gasteiger partial charge in [0.2, 0.25) is 0 Å². The van der Waals surface area contributed by atoms with E-state index in [1.807, 2.05) is 11.9 Å². The van der Waals surface area contributed by atoms with Crippen molar-refractivity contribution in [3.8, 4) is 0 Å². The van der Waals surface area contributed by atoms with Crippen molar-refractivity contribution in [3.05, 3.63) is 29.3 Å². The third-order valence-electron chi connectivity index (χ3n) is 2.66. The highest BCUT2D eigenvalue weighted by Crippen LogP contribution is 2.14. The highest BCUT2D eigenvalue weighted by atomic mass is 35.5. The van der Waals surface area contributed by atoms with Crippen molar-refractivity contribution in [2.24, 2.45) is 4.99 Å². The summed E-state index contributed by atoms with van der Waals surface area (Å²) in [4.78, 5) is 17.7. The molecule has 1 heterocycles. The molecule has 0 atom stereocenters. The van der Waals surface area contributed by atoms with Crippen LogP contribution >= 0.6 is 11.6 Å². The van der Waals surface area contributed by atoms with Crippen LogP contribution in [0.5, 0.6) is 0 Å². The number of rotatable bonds is 1. The summed E-state index contributed by atoms with van der Waals surface area (Å²) in [5.41, 5.74) is 0.699. The molecule has 0 radical (unpaired) electrons. The Hall–Kier alpha value is -1.55. The molecule has 1 N–H and O–H groups in total. The van der Waals surface area contributed by atoms with Crippen LogP contribution in [0.3, 0.4) is 0 Å². The second-order valence-electron chi connectivity index (χ2n) is 3.99. The second-order valence-corrected chi connectivity index (χ2v) is 4.43. The first-order valence-electron chi connectivity index (χ1n) is 5.50. The number of amides is 2. The van der Waals surface area contributed by atoms with E-state index in [4.69, 9.17) is 11.6 Å². The fraction of sp³-hybridized carbons (Fsp3) is 0.333. The fourth-order valence-electron chi connectivity index (χ4n) is 1.74. The first kappa shape index (κ1) is 11.9. The zero-order chi connectivity index (χ0) is 12.3. The number of nitrogens with zero attached hydrogens (tertiary/aromatic N) is 2. The molecule has 90 valence electrons. The molecule has 17 heavy (non-hydrogen) atoms. The quantitative estimate of drug-likeness (QED) is 0.834. The van der Waals surface area contributed by atoms with Crippen molar-refractivity contribution >= 4 is 29.2 Å². The lowest BCUT2D eigenvalue weighted by molar-refractivity contribution is 0.259. The number of urea groups is 1. The van der Waals surface area contributed by atoms with E-state index < -0.39 is 0 Å². The summed E-state index contributed by atoms with van der Waals surface area (Å²) in [5, 5.41) is 3.35. The molecule has 1 aliphatic rings. The van der Waals surface area contributed by atoms with Gasteiger partial charge in [0.25, 0.3) is 0 Å². The molecule has 0 saturated carbocycles. The van der Waals surface area contributed by atoms with E-state index in [1.165, 1.54) is 0 Å². The number of amidine groups is 1. The van der Waals surface area contributed by atoms with Gasteiger partial charge in [-0.05, 0) is 30.7 Å². The summed E-state index contributed by atoms with van der Waals surface area (Å²) in [6.07, 6.45) is 1.92. The molecule has 1 saturated heterocycles. The lowest BCUT2D eigenvalue weighted by Crippen LogP contribution is -2.21. The molecular weight excluding hydrogens is 238 g/mol. The minimum atomic E-state index is -0.337. The Morgan fingerprint density at radius 2 is 2.12 bits per heavy atom. The summed E-state index contributed by atoms with van der Waals surface area (Å²) in [6.45, 7) is 0.965. The number of nitrogens with one attached hydrogen (secondary N) is 1. The van der Waals surface area contributed by atoms with Crippen LogP contribution in [-0.4, -0.2) is 30.4 Å². The number of aliphatic imine (C=N–C) groups is 1. The van der Waals surface area contributed by atoms with Gasteiger partial charge in [-0.1, -0.05) is 11.6 Å². The first-order chi connectivity index (χ1) is 8.15. The number of benzene rings is 1. The number of anilines is 1. The minimum Gasteiger partial charge on any atom is -0.363 e. The Morgan fingerprint density at radius 3 is 2.71 bits per heavy atom. The molecule has 0 unspecified atom stereocenters. The number of hydrogen-bond donors (Lipinski definition) is 1. The van der Waals surface area contributed by atoms with Gasteiger partial charge in [-0.3, -0.25) is 0 Å². The van der Waals surface area contributed by atoms with Gasteiger partial charge in [-0.15, -0.1) is 0 Å². The Bertz CT molecular complexity index is 442.